The first-order valence-corrected chi connectivity index (χ1v) is 9.61. The summed E-state index contributed by atoms with van der Waals surface area (Å²) in [7, 11) is 0. The van der Waals surface area contributed by atoms with Crippen LogP contribution >= 0.6 is 0 Å². The van der Waals surface area contributed by atoms with Crippen LogP contribution in [-0.4, -0.2) is 23.5 Å². The minimum absolute atomic E-state index is 0.0209. The largest absolute Gasteiger partial charge is 0.478 e. The molecule has 0 saturated heterocycles. The predicted octanol–water partition coefficient (Wildman–Crippen LogP) is 5.08. The summed E-state index contributed by atoms with van der Waals surface area (Å²) in [6, 6.07) is 0. The Hall–Kier alpha value is -1.32. The van der Waals surface area contributed by atoms with Crippen molar-refractivity contribution >= 4 is 11.9 Å². The molecule has 4 heteroatoms. The number of unbranched alkanes of at least 4 members (excludes halogenated alkanes) is 9. The second kappa shape index (κ2) is 15.2. The van der Waals surface area contributed by atoms with E-state index in [0.717, 1.165) is 18.8 Å². The zero-order chi connectivity index (χ0) is 18.2. The third-order valence-electron chi connectivity index (χ3n) is 4.24. The molecule has 4 nitrogen and oxygen atoms in total. The van der Waals surface area contributed by atoms with Gasteiger partial charge < -0.3 is 10.4 Å². The molecule has 1 amide bonds. The van der Waals surface area contributed by atoms with E-state index < -0.39 is 5.97 Å². The number of nitrogens with one attached hydrogen (secondary N) is 1. The van der Waals surface area contributed by atoms with Gasteiger partial charge in [0, 0.05) is 18.5 Å². The maximum Gasteiger partial charge on any atom is 0.332 e. The average Bonchev–Trinajstić information content (AvgIpc) is 2.53. The van der Waals surface area contributed by atoms with Crippen LogP contribution in [0, 0.1) is 5.92 Å². The second-order valence-electron chi connectivity index (χ2n) is 7.15. The minimum atomic E-state index is -1.06. The van der Waals surface area contributed by atoms with Gasteiger partial charge in [-0.2, -0.15) is 0 Å². The molecule has 0 aliphatic carbocycles. The molecule has 0 heterocycles. The Morgan fingerprint density at radius 3 is 1.79 bits per heavy atom. The fourth-order valence-electron chi connectivity index (χ4n) is 2.62. The van der Waals surface area contributed by atoms with Crippen molar-refractivity contribution in [2.24, 2.45) is 5.92 Å². The van der Waals surface area contributed by atoms with E-state index in [1.165, 1.54) is 57.8 Å². The highest BCUT2D eigenvalue weighted by molar-refractivity contribution is 5.87. The number of hydrogen-bond acceptors (Lipinski definition) is 2. The normalized spacial score (nSPS) is 10.8. The summed E-state index contributed by atoms with van der Waals surface area (Å²) in [5.41, 5.74) is 0.0209. The van der Waals surface area contributed by atoms with Crippen molar-refractivity contribution in [3.8, 4) is 0 Å². The molecule has 0 saturated carbocycles. The lowest BCUT2D eigenvalue weighted by Gasteiger charge is -2.05. The quantitative estimate of drug-likeness (QED) is 0.304. The highest BCUT2D eigenvalue weighted by atomic mass is 16.4. The van der Waals surface area contributed by atoms with Crippen LogP contribution in [0.15, 0.2) is 12.2 Å². The maximum atomic E-state index is 11.5. The number of hydrogen-bond donors (Lipinski definition) is 2. The Morgan fingerprint density at radius 2 is 1.33 bits per heavy atom. The number of amides is 1. The molecular weight excluding hydrogens is 302 g/mol. The van der Waals surface area contributed by atoms with Crippen LogP contribution < -0.4 is 5.32 Å². The summed E-state index contributed by atoms with van der Waals surface area (Å²) in [4.78, 5) is 22.1. The van der Waals surface area contributed by atoms with Crippen molar-refractivity contribution in [1.82, 2.24) is 5.32 Å². The van der Waals surface area contributed by atoms with E-state index in [-0.39, 0.29) is 18.0 Å². The van der Waals surface area contributed by atoms with Crippen molar-refractivity contribution in [1.29, 1.82) is 0 Å². The second-order valence-corrected chi connectivity index (χ2v) is 7.15. The third kappa shape index (κ3) is 15.6. The summed E-state index contributed by atoms with van der Waals surface area (Å²) in [5, 5.41) is 11.2. The molecule has 0 aromatic rings. The van der Waals surface area contributed by atoms with Crippen LogP contribution in [0.25, 0.3) is 0 Å². The molecular formula is C20H37NO3. The van der Waals surface area contributed by atoms with E-state index in [9.17, 15) is 9.59 Å². The van der Waals surface area contributed by atoms with E-state index >= 15 is 0 Å². The average molecular weight is 340 g/mol. The Morgan fingerprint density at radius 1 is 0.875 bits per heavy atom. The summed E-state index contributed by atoms with van der Waals surface area (Å²) < 4.78 is 0. The number of carbonyl (C=O) groups excluding carboxylic acids is 1. The fraction of sp³-hybridized carbons (Fsp3) is 0.800. The molecule has 0 aromatic heterocycles. The van der Waals surface area contributed by atoms with Gasteiger partial charge in [-0.1, -0.05) is 84.6 Å². The van der Waals surface area contributed by atoms with Crippen LogP contribution in [0.3, 0.4) is 0 Å². The molecule has 0 rings (SSSR count). The summed E-state index contributed by atoms with van der Waals surface area (Å²) >= 11 is 0. The van der Waals surface area contributed by atoms with E-state index in [1.807, 2.05) is 0 Å². The lowest BCUT2D eigenvalue weighted by molar-refractivity contribution is -0.132. The standard InChI is InChI=1S/C20H37NO3/c1-17(2)14-12-10-8-6-4-5-7-9-11-13-15-19(22)21-16-18(3)20(23)24/h17H,3-16H2,1-2H3,(H,21,22)(H,23,24). The summed E-state index contributed by atoms with van der Waals surface area (Å²) in [6.45, 7) is 7.99. The Bertz CT molecular complexity index is 364. The molecule has 0 bridgehead atoms. The lowest BCUT2D eigenvalue weighted by Crippen LogP contribution is -2.27. The van der Waals surface area contributed by atoms with E-state index in [4.69, 9.17) is 5.11 Å². The molecule has 0 fully saturated rings. The molecule has 140 valence electrons. The van der Waals surface area contributed by atoms with Crippen molar-refractivity contribution in [2.75, 3.05) is 6.54 Å². The highest BCUT2D eigenvalue weighted by Crippen LogP contribution is 2.13. The number of carbonyl (C=O) groups is 2. The highest BCUT2D eigenvalue weighted by Gasteiger charge is 2.06. The number of rotatable bonds is 16. The summed E-state index contributed by atoms with van der Waals surface area (Å²) in [5.74, 6) is -0.308. The van der Waals surface area contributed by atoms with Gasteiger partial charge in [-0.05, 0) is 12.3 Å². The molecule has 0 unspecified atom stereocenters. The van der Waals surface area contributed by atoms with Gasteiger partial charge in [-0.15, -0.1) is 0 Å². The number of aliphatic carboxylic acids is 1. The molecule has 0 aliphatic heterocycles. The third-order valence-corrected chi connectivity index (χ3v) is 4.24. The molecule has 0 aromatic carbocycles. The topological polar surface area (TPSA) is 66.4 Å². The van der Waals surface area contributed by atoms with Gasteiger partial charge in [0.2, 0.25) is 5.91 Å². The van der Waals surface area contributed by atoms with Gasteiger partial charge in [0.25, 0.3) is 0 Å². The van der Waals surface area contributed by atoms with Gasteiger partial charge in [0.1, 0.15) is 0 Å². The van der Waals surface area contributed by atoms with E-state index in [2.05, 4.69) is 25.7 Å². The SMILES string of the molecule is C=C(CNC(=O)CCCCCCCCCCCCC(C)C)C(=O)O. The molecule has 0 spiro atoms. The van der Waals surface area contributed by atoms with Crippen LogP contribution in [0.1, 0.15) is 90.9 Å². The number of carboxylic acids is 1. The number of carboxylic acid groups (broad SMARTS) is 1. The van der Waals surface area contributed by atoms with Gasteiger partial charge in [0.05, 0.1) is 0 Å². The van der Waals surface area contributed by atoms with Gasteiger partial charge in [-0.3, -0.25) is 4.79 Å². The molecule has 0 radical (unpaired) electrons. The van der Waals surface area contributed by atoms with Crippen molar-refractivity contribution in [3.63, 3.8) is 0 Å². The van der Waals surface area contributed by atoms with E-state index in [0.29, 0.717) is 6.42 Å². The first-order chi connectivity index (χ1) is 11.4. The van der Waals surface area contributed by atoms with Crippen LogP contribution in [-0.2, 0) is 9.59 Å². The van der Waals surface area contributed by atoms with Crippen molar-refractivity contribution < 1.29 is 14.7 Å². The first kappa shape index (κ1) is 22.7. The van der Waals surface area contributed by atoms with Gasteiger partial charge in [0.15, 0.2) is 0 Å². The monoisotopic (exact) mass is 339 g/mol. The predicted molar refractivity (Wildman–Crippen MR) is 100 cm³/mol. The molecule has 2 N–H and O–H groups in total. The van der Waals surface area contributed by atoms with Crippen molar-refractivity contribution in [2.45, 2.75) is 90.9 Å². The van der Waals surface area contributed by atoms with Crippen LogP contribution in [0.2, 0.25) is 0 Å². The van der Waals surface area contributed by atoms with E-state index in [1.54, 1.807) is 0 Å². The van der Waals surface area contributed by atoms with Gasteiger partial charge >= 0.3 is 5.97 Å². The van der Waals surface area contributed by atoms with Crippen molar-refractivity contribution in [3.05, 3.63) is 12.2 Å². The maximum absolute atomic E-state index is 11.5. The fourth-order valence-corrected chi connectivity index (χ4v) is 2.62. The van der Waals surface area contributed by atoms with Crippen LogP contribution in [0.4, 0.5) is 0 Å². The Kier molecular flexibility index (Phi) is 14.4. The zero-order valence-electron chi connectivity index (χ0n) is 15.7. The molecule has 24 heavy (non-hydrogen) atoms. The molecule has 0 atom stereocenters. The van der Waals surface area contributed by atoms with Gasteiger partial charge in [-0.25, -0.2) is 4.79 Å². The lowest BCUT2D eigenvalue weighted by atomic mass is 10.0. The Balaban J connectivity index is 3.26. The smallest absolute Gasteiger partial charge is 0.332 e. The summed E-state index contributed by atoms with van der Waals surface area (Å²) in [6.07, 6.45) is 14.3. The zero-order valence-corrected chi connectivity index (χ0v) is 15.7. The molecule has 0 aliphatic rings. The minimum Gasteiger partial charge on any atom is -0.478 e. The Labute approximate surface area is 148 Å². The van der Waals surface area contributed by atoms with Crippen LogP contribution in [0.5, 0.6) is 0 Å². The first-order valence-electron chi connectivity index (χ1n) is 9.61.